The molecule has 38 heavy (non-hydrogen) atoms. The number of carbonyl (C=O) groups excluding carboxylic acids is 2. The van der Waals surface area contributed by atoms with Crippen molar-refractivity contribution in [3.8, 4) is 11.1 Å². The lowest BCUT2D eigenvalue weighted by atomic mass is 9.93. The van der Waals surface area contributed by atoms with Crippen molar-refractivity contribution in [3.63, 3.8) is 0 Å². The highest BCUT2D eigenvalue weighted by Gasteiger charge is 2.36. The number of amides is 3. The first-order valence-corrected chi connectivity index (χ1v) is 12.6. The molecule has 206 valence electrons. The molecule has 2 fully saturated rings. The maximum absolute atomic E-state index is 12.8. The topological polar surface area (TPSA) is 121 Å². The summed E-state index contributed by atoms with van der Waals surface area (Å²) in [4.78, 5) is 33.1. The molecule has 1 aromatic carbocycles. The molecular formula is C26H32F3N5O4. The number of ether oxygens (including phenoxy) is 1. The van der Waals surface area contributed by atoms with E-state index in [1.807, 2.05) is 24.0 Å². The number of benzene rings is 1. The average Bonchev–Trinajstić information content (AvgIpc) is 3.33. The van der Waals surface area contributed by atoms with E-state index in [2.05, 4.69) is 10.3 Å². The number of aromatic nitrogens is 1. The molecule has 4 rings (SSSR count). The van der Waals surface area contributed by atoms with Gasteiger partial charge in [-0.3, -0.25) is 4.79 Å². The first-order valence-electron chi connectivity index (χ1n) is 12.6. The Labute approximate surface area is 218 Å². The number of rotatable bonds is 7. The van der Waals surface area contributed by atoms with Crippen molar-refractivity contribution in [2.75, 3.05) is 56.2 Å². The SMILES string of the molecule is Cc1ccc(NC(=O)N2CC[C@@H](CC(F)(F)F)C2)cc1-c1cc(N2CCOCC2)nc(C(N)=O)c1CCO. The molecule has 4 N–H and O–H groups in total. The molecule has 0 saturated carbocycles. The van der Waals surface area contributed by atoms with Gasteiger partial charge in [-0.2, -0.15) is 13.2 Å². The van der Waals surface area contributed by atoms with Crippen molar-refractivity contribution in [2.24, 2.45) is 11.7 Å². The van der Waals surface area contributed by atoms with Crippen LogP contribution in [0.25, 0.3) is 11.1 Å². The molecule has 3 amide bonds. The Morgan fingerprint density at radius 1 is 1.18 bits per heavy atom. The van der Waals surface area contributed by atoms with E-state index in [4.69, 9.17) is 10.5 Å². The highest BCUT2D eigenvalue weighted by Crippen LogP contribution is 2.35. The predicted molar refractivity (Wildman–Crippen MR) is 136 cm³/mol. The number of morpholine rings is 1. The van der Waals surface area contributed by atoms with Gasteiger partial charge >= 0.3 is 12.2 Å². The van der Waals surface area contributed by atoms with Gasteiger partial charge in [-0.15, -0.1) is 0 Å². The van der Waals surface area contributed by atoms with Crippen LogP contribution in [0.3, 0.4) is 0 Å². The number of nitrogens with zero attached hydrogens (tertiary/aromatic N) is 3. The van der Waals surface area contributed by atoms with Crippen LogP contribution in [0.2, 0.25) is 0 Å². The number of aliphatic hydroxyl groups excluding tert-OH is 1. The molecule has 0 aliphatic carbocycles. The Morgan fingerprint density at radius 3 is 2.58 bits per heavy atom. The Balaban J connectivity index is 1.65. The number of hydrogen-bond donors (Lipinski definition) is 3. The first-order chi connectivity index (χ1) is 18.1. The van der Waals surface area contributed by atoms with E-state index in [1.165, 1.54) is 4.90 Å². The second kappa shape index (κ2) is 11.6. The zero-order chi connectivity index (χ0) is 27.4. The summed E-state index contributed by atoms with van der Waals surface area (Å²) in [6.07, 6.45) is -4.72. The number of halogens is 3. The second-order valence-electron chi connectivity index (χ2n) is 9.67. The van der Waals surface area contributed by atoms with E-state index < -0.39 is 30.5 Å². The molecule has 9 nitrogen and oxygen atoms in total. The number of alkyl halides is 3. The summed E-state index contributed by atoms with van der Waals surface area (Å²) in [6.45, 7) is 4.15. The fourth-order valence-electron chi connectivity index (χ4n) is 5.03. The first kappa shape index (κ1) is 27.6. The molecule has 3 heterocycles. The van der Waals surface area contributed by atoms with Crippen molar-refractivity contribution in [1.29, 1.82) is 0 Å². The zero-order valence-corrected chi connectivity index (χ0v) is 21.2. The van der Waals surface area contributed by atoms with Crippen LogP contribution in [0.1, 0.15) is 34.5 Å². The van der Waals surface area contributed by atoms with Gasteiger partial charge in [-0.25, -0.2) is 9.78 Å². The number of nitrogens with two attached hydrogens (primary N) is 1. The number of anilines is 2. The third kappa shape index (κ3) is 6.54. The van der Waals surface area contributed by atoms with Crippen LogP contribution in [-0.4, -0.2) is 79.1 Å². The number of nitrogens with one attached hydrogen (secondary N) is 1. The third-order valence-corrected chi connectivity index (χ3v) is 6.91. The molecule has 0 radical (unpaired) electrons. The standard InChI is InChI=1S/C26H32F3N5O4/c1-16-2-3-18(31-25(37)34-6-4-17(15-34)14-26(27,28)29)12-20(16)21-13-22(33-7-10-38-11-8-33)32-23(24(30)36)19(21)5-9-35/h2-3,12-13,17,35H,4-11,14-15H2,1H3,(H2,30,36)(H,31,37)/t17-/m0/s1. The molecule has 2 saturated heterocycles. The van der Waals surface area contributed by atoms with Gasteiger partial charge in [-0.05, 0) is 66.1 Å². The van der Waals surface area contributed by atoms with E-state index in [0.717, 1.165) is 5.56 Å². The monoisotopic (exact) mass is 535 g/mol. The summed E-state index contributed by atoms with van der Waals surface area (Å²) >= 11 is 0. The molecule has 0 bridgehead atoms. The lowest BCUT2D eigenvalue weighted by Crippen LogP contribution is -2.37. The molecule has 12 heteroatoms. The fraction of sp³-hybridized carbons (Fsp3) is 0.500. The molecule has 1 atom stereocenters. The van der Waals surface area contributed by atoms with E-state index in [9.17, 15) is 27.9 Å². The second-order valence-corrected chi connectivity index (χ2v) is 9.67. The lowest BCUT2D eigenvalue weighted by Gasteiger charge is -2.29. The molecule has 2 aliphatic rings. The minimum absolute atomic E-state index is 0.0416. The summed E-state index contributed by atoms with van der Waals surface area (Å²) in [5.41, 5.74) is 8.92. The highest BCUT2D eigenvalue weighted by atomic mass is 19.4. The van der Waals surface area contributed by atoms with Gasteiger partial charge in [0, 0.05) is 44.9 Å². The number of primary amides is 1. The molecule has 2 aromatic rings. The summed E-state index contributed by atoms with van der Waals surface area (Å²) < 4.78 is 43.7. The predicted octanol–water partition coefficient (Wildman–Crippen LogP) is 3.33. The maximum atomic E-state index is 12.8. The minimum atomic E-state index is -4.26. The third-order valence-electron chi connectivity index (χ3n) is 6.91. The van der Waals surface area contributed by atoms with E-state index in [-0.39, 0.29) is 31.8 Å². The molecule has 0 unspecified atom stereocenters. The number of carbonyl (C=O) groups is 2. The van der Waals surface area contributed by atoms with E-state index >= 15 is 0 Å². The zero-order valence-electron chi connectivity index (χ0n) is 21.2. The number of pyridine rings is 1. The minimum Gasteiger partial charge on any atom is -0.396 e. The summed E-state index contributed by atoms with van der Waals surface area (Å²) in [7, 11) is 0. The number of urea groups is 1. The van der Waals surface area contributed by atoms with Gasteiger partial charge < -0.3 is 30.7 Å². The quantitative estimate of drug-likeness (QED) is 0.500. The van der Waals surface area contributed by atoms with Gasteiger partial charge in [0.05, 0.1) is 13.2 Å². The molecular weight excluding hydrogens is 503 g/mol. The van der Waals surface area contributed by atoms with Crippen LogP contribution in [0.5, 0.6) is 0 Å². The number of likely N-dealkylation sites (tertiary alicyclic amines) is 1. The van der Waals surface area contributed by atoms with Crippen LogP contribution in [0, 0.1) is 12.8 Å². The van der Waals surface area contributed by atoms with Crippen LogP contribution in [-0.2, 0) is 11.2 Å². The fourth-order valence-corrected chi connectivity index (χ4v) is 5.03. The van der Waals surface area contributed by atoms with Crippen molar-refractivity contribution < 1.29 is 32.6 Å². The van der Waals surface area contributed by atoms with E-state index in [0.29, 0.717) is 60.9 Å². The lowest BCUT2D eigenvalue weighted by molar-refractivity contribution is -0.143. The van der Waals surface area contributed by atoms with Crippen LogP contribution < -0.4 is 16.0 Å². The van der Waals surface area contributed by atoms with Crippen LogP contribution >= 0.6 is 0 Å². The number of aryl methyl sites for hydroxylation is 1. The number of hydrogen-bond acceptors (Lipinski definition) is 6. The summed E-state index contributed by atoms with van der Waals surface area (Å²) in [5.74, 6) is -0.771. The average molecular weight is 536 g/mol. The van der Waals surface area contributed by atoms with Crippen LogP contribution in [0.4, 0.5) is 29.5 Å². The van der Waals surface area contributed by atoms with Gasteiger partial charge in [0.2, 0.25) is 0 Å². The normalized spacial score (nSPS) is 18.1. The summed E-state index contributed by atoms with van der Waals surface area (Å²) in [6, 6.07) is 6.65. The molecule has 2 aliphatic heterocycles. The van der Waals surface area contributed by atoms with E-state index in [1.54, 1.807) is 12.1 Å². The largest absolute Gasteiger partial charge is 0.396 e. The highest BCUT2D eigenvalue weighted by molar-refractivity contribution is 5.96. The van der Waals surface area contributed by atoms with Gasteiger partial charge in [0.1, 0.15) is 11.5 Å². The van der Waals surface area contributed by atoms with Crippen LogP contribution in [0.15, 0.2) is 24.3 Å². The van der Waals surface area contributed by atoms with Crippen molar-refractivity contribution in [3.05, 3.63) is 41.1 Å². The summed E-state index contributed by atoms with van der Waals surface area (Å²) in [5, 5.41) is 12.5. The maximum Gasteiger partial charge on any atom is 0.389 e. The van der Waals surface area contributed by atoms with Gasteiger partial charge in [-0.1, -0.05) is 6.07 Å². The smallest absolute Gasteiger partial charge is 0.389 e. The Hall–Kier alpha value is -3.38. The van der Waals surface area contributed by atoms with Crippen molar-refractivity contribution in [2.45, 2.75) is 32.4 Å². The Morgan fingerprint density at radius 2 is 1.92 bits per heavy atom. The van der Waals surface area contributed by atoms with Gasteiger partial charge in [0.15, 0.2) is 0 Å². The van der Waals surface area contributed by atoms with Crippen molar-refractivity contribution >= 4 is 23.4 Å². The Kier molecular flexibility index (Phi) is 8.41. The number of aliphatic hydroxyl groups is 1. The Bertz CT molecular complexity index is 1180. The molecule has 1 aromatic heterocycles. The molecule has 0 spiro atoms. The van der Waals surface area contributed by atoms with Crippen molar-refractivity contribution in [1.82, 2.24) is 9.88 Å². The van der Waals surface area contributed by atoms with Gasteiger partial charge in [0.25, 0.3) is 5.91 Å².